The lowest BCUT2D eigenvalue weighted by molar-refractivity contribution is -0.143. The van der Waals surface area contributed by atoms with Gasteiger partial charge in [0, 0.05) is 13.5 Å². The third-order valence-electron chi connectivity index (χ3n) is 2.84. The van der Waals surface area contributed by atoms with Gasteiger partial charge in [-0.15, -0.1) is 0 Å². The van der Waals surface area contributed by atoms with Crippen LogP contribution in [0.15, 0.2) is 30.3 Å². The van der Waals surface area contributed by atoms with Crippen LogP contribution >= 0.6 is 0 Å². The van der Waals surface area contributed by atoms with Gasteiger partial charge in [-0.25, -0.2) is 9.59 Å². The maximum atomic E-state index is 11.9. The number of para-hydroxylation sites is 1. The number of amides is 1. The molecule has 1 aromatic rings. The van der Waals surface area contributed by atoms with Crippen molar-refractivity contribution in [2.45, 2.75) is 38.8 Å². The summed E-state index contributed by atoms with van der Waals surface area (Å²) in [4.78, 5) is 24.4. The summed E-state index contributed by atoms with van der Waals surface area (Å²) < 4.78 is 10.7. The Morgan fingerprint density at radius 2 is 1.82 bits per heavy atom. The van der Waals surface area contributed by atoms with Gasteiger partial charge in [0.1, 0.15) is 17.4 Å². The van der Waals surface area contributed by atoms with E-state index in [4.69, 9.17) is 9.47 Å². The molecule has 1 atom stereocenters. The van der Waals surface area contributed by atoms with Crippen molar-refractivity contribution in [1.29, 1.82) is 0 Å². The Morgan fingerprint density at radius 1 is 1.23 bits per heavy atom. The van der Waals surface area contributed by atoms with Crippen LogP contribution in [-0.2, 0) is 9.53 Å². The first-order chi connectivity index (χ1) is 10.2. The average Bonchev–Trinajstić information content (AvgIpc) is 2.42. The molecule has 0 radical (unpaired) electrons. The maximum Gasteiger partial charge on any atom is 0.410 e. The number of carboxylic acids is 1. The van der Waals surface area contributed by atoms with E-state index in [9.17, 15) is 14.7 Å². The molecule has 0 heterocycles. The van der Waals surface area contributed by atoms with Crippen molar-refractivity contribution in [2.75, 3.05) is 13.7 Å². The minimum absolute atomic E-state index is 0.167. The third-order valence-corrected chi connectivity index (χ3v) is 2.84. The van der Waals surface area contributed by atoms with Crippen LogP contribution in [0.4, 0.5) is 4.79 Å². The zero-order valence-corrected chi connectivity index (χ0v) is 13.4. The highest BCUT2D eigenvalue weighted by atomic mass is 16.6. The smallest absolute Gasteiger partial charge is 0.410 e. The van der Waals surface area contributed by atoms with Gasteiger partial charge in [-0.1, -0.05) is 18.2 Å². The van der Waals surface area contributed by atoms with Gasteiger partial charge in [0.2, 0.25) is 0 Å². The van der Waals surface area contributed by atoms with E-state index < -0.39 is 23.7 Å². The SMILES string of the molecule is CN(C(=O)OC(C)(C)C)[C@@H](CCOc1ccccc1)C(=O)O. The third kappa shape index (κ3) is 6.03. The van der Waals surface area contributed by atoms with E-state index in [1.807, 2.05) is 18.2 Å². The van der Waals surface area contributed by atoms with Gasteiger partial charge < -0.3 is 14.6 Å². The van der Waals surface area contributed by atoms with Crippen LogP contribution in [0.25, 0.3) is 0 Å². The Labute approximate surface area is 130 Å². The number of hydrogen-bond donors (Lipinski definition) is 1. The molecule has 0 spiro atoms. The number of carboxylic acid groups (broad SMARTS) is 1. The number of ether oxygens (including phenoxy) is 2. The predicted octanol–water partition coefficient (Wildman–Crippen LogP) is 2.78. The van der Waals surface area contributed by atoms with E-state index in [2.05, 4.69) is 0 Å². The van der Waals surface area contributed by atoms with Gasteiger partial charge >= 0.3 is 12.1 Å². The van der Waals surface area contributed by atoms with Crippen LogP contribution < -0.4 is 4.74 Å². The molecule has 0 aliphatic carbocycles. The highest BCUT2D eigenvalue weighted by Gasteiger charge is 2.29. The van der Waals surface area contributed by atoms with Crippen LogP contribution in [0, 0.1) is 0 Å². The Bertz CT molecular complexity index is 495. The second-order valence-electron chi connectivity index (χ2n) is 5.90. The zero-order valence-electron chi connectivity index (χ0n) is 13.4. The highest BCUT2D eigenvalue weighted by Crippen LogP contribution is 2.14. The number of benzene rings is 1. The molecule has 1 N–H and O–H groups in total. The van der Waals surface area contributed by atoms with Gasteiger partial charge in [-0.2, -0.15) is 0 Å². The minimum Gasteiger partial charge on any atom is -0.494 e. The van der Waals surface area contributed by atoms with Crippen LogP contribution in [-0.4, -0.2) is 47.4 Å². The fraction of sp³-hybridized carbons (Fsp3) is 0.500. The monoisotopic (exact) mass is 309 g/mol. The van der Waals surface area contributed by atoms with Crippen molar-refractivity contribution in [1.82, 2.24) is 4.90 Å². The molecule has 0 aromatic heterocycles. The van der Waals surface area contributed by atoms with Crippen molar-refractivity contribution >= 4 is 12.1 Å². The molecule has 0 fully saturated rings. The second-order valence-corrected chi connectivity index (χ2v) is 5.90. The molecule has 1 rings (SSSR count). The first-order valence-electron chi connectivity index (χ1n) is 7.07. The summed E-state index contributed by atoms with van der Waals surface area (Å²) in [6.45, 7) is 5.38. The predicted molar refractivity (Wildman–Crippen MR) is 82.0 cm³/mol. The molecule has 0 saturated heterocycles. The summed E-state index contributed by atoms with van der Waals surface area (Å²) in [7, 11) is 1.41. The zero-order chi connectivity index (χ0) is 16.8. The summed E-state index contributed by atoms with van der Waals surface area (Å²) in [5, 5.41) is 9.28. The first kappa shape index (κ1) is 17.8. The van der Waals surface area contributed by atoms with Crippen molar-refractivity contribution < 1.29 is 24.2 Å². The number of carbonyl (C=O) groups is 2. The van der Waals surface area contributed by atoms with Crippen molar-refractivity contribution in [3.8, 4) is 5.75 Å². The topological polar surface area (TPSA) is 76.1 Å². The Morgan fingerprint density at radius 3 is 2.32 bits per heavy atom. The standard InChI is InChI=1S/C16H23NO5/c1-16(2,3)22-15(20)17(4)13(14(18)19)10-11-21-12-8-6-5-7-9-12/h5-9,13H,10-11H2,1-4H3,(H,18,19)/t13-/m0/s1. The summed E-state index contributed by atoms with van der Waals surface area (Å²) in [5.74, 6) is -0.434. The Hall–Kier alpha value is -2.24. The summed E-state index contributed by atoms with van der Waals surface area (Å²) >= 11 is 0. The van der Waals surface area contributed by atoms with Gasteiger partial charge in [0.05, 0.1) is 6.61 Å². The number of nitrogens with zero attached hydrogens (tertiary/aromatic N) is 1. The van der Waals surface area contributed by atoms with Crippen LogP contribution in [0.3, 0.4) is 0 Å². The first-order valence-corrected chi connectivity index (χ1v) is 7.07. The van der Waals surface area contributed by atoms with Crippen molar-refractivity contribution in [2.24, 2.45) is 0 Å². The number of rotatable bonds is 6. The molecule has 0 unspecified atom stereocenters. The number of aliphatic carboxylic acids is 1. The highest BCUT2D eigenvalue weighted by molar-refractivity contribution is 5.79. The van der Waals surface area contributed by atoms with Gasteiger partial charge in [0.15, 0.2) is 0 Å². The maximum absolute atomic E-state index is 11.9. The molecule has 0 saturated carbocycles. The molecule has 122 valence electrons. The Kier molecular flexibility index (Phi) is 6.22. The van der Waals surface area contributed by atoms with Crippen LogP contribution in [0.2, 0.25) is 0 Å². The van der Waals surface area contributed by atoms with Crippen molar-refractivity contribution in [3.05, 3.63) is 30.3 Å². The van der Waals surface area contributed by atoms with E-state index in [0.29, 0.717) is 5.75 Å². The van der Waals surface area contributed by atoms with Gasteiger partial charge in [-0.3, -0.25) is 4.90 Å². The molecule has 6 heteroatoms. The number of carbonyl (C=O) groups excluding carboxylic acids is 1. The summed E-state index contributed by atoms with van der Waals surface area (Å²) in [5.41, 5.74) is -0.672. The molecule has 0 aliphatic heterocycles. The summed E-state index contributed by atoms with van der Waals surface area (Å²) in [6, 6.07) is 8.09. The molecule has 22 heavy (non-hydrogen) atoms. The molecule has 6 nitrogen and oxygen atoms in total. The molecule has 1 aromatic carbocycles. The van der Waals surface area contributed by atoms with E-state index >= 15 is 0 Å². The van der Waals surface area contributed by atoms with Crippen LogP contribution in [0.5, 0.6) is 5.75 Å². The number of hydrogen-bond acceptors (Lipinski definition) is 4. The fourth-order valence-electron chi connectivity index (χ4n) is 1.75. The van der Waals surface area contributed by atoms with Gasteiger partial charge in [-0.05, 0) is 32.9 Å². The second kappa shape index (κ2) is 7.68. The van der Waals surface area contributed by atoms with Crippen molar-refractivity contribution in [3.63, 3.8) is 0 Å². The Balaban J connectivity index is 2.57. The lowest BCUT2D eigenvalue weighted by atomic mass is 10.2. The fourth-order valence-corrected chi connectivity index (χ4v) is 1.75. The molecular formula is C16H23NO5. The largest absolute Gasteiger partial charge is 0.494 e. The van der Waals surface area contributed by atoms with Gasteiger partial charge in [0.25, 0.3) is 0 Å². The molecular weight excluding hydrogens is 286 g/mol. The quantitative estimate of drug-likeness (QED) is 0.874. The summed E-state index contributed by atoms with van der Waals surface area (Å²) in [6.07, 6.45) is -0.500. The van der Waals surface area contributed by atoms with E-state index in [1.165, 1.54) is 7.05 Å². The lowest BCUT2D eigenvalue weighted by Crippen LogP contribution is -2.45. The number of likely N-dealkylation sites (N-methyl/N-ethyl adjacent to an activating group) is 1. The normalized spacial score (nSPS) is 12.4. The van der Waals surface area contributed by atoms with E-state index in [-0.39, 0.29) is 13.0 Å². The van der Waals surface area contributed by atoms with E-state index in [1.54, 1.807) is 32.9 Å². The molecule has 0 aliphatic rings. The van der Waals surface area contributed by atoms with E-state index in [0.717, 1.165) is 4.90 Å². The lowest BCUT2D eigenvalue weighted by Gasteiger charge is -2.28. The minimum atomic E-state index is -1.09. The average molecular weight is 309 g/mol. The molecule has 0 bridgehead atoms. The van der Waals surface area contributed by atoms with Crippen LogP contribution in [0.1, 0.15) is 27.2 Å². The molecule has 1 amide bonds.